The van der Waals surface area contributed by atoms with Crippen LogP contribution < -0.4 is 20.5 Å². The highest BCUT2D eigenvalue weighted by Gasteiger charge is 2.27. The molecule has 2 N–H and O–H groups in total. The van der Waals surface area contributed by atoms with Gasteiger partial charge in [0.2, 0.25) is 5.91 Å². The van der Waals surface area contributed by atoms with Gasteiger partial charge in [-0.15, -0.1) is 0 Å². The van der Waals surface area contributed by atoms with E-state index in [2.05, 4.69) is 10.9 Å². The number of hydrogen-bond donors (Lipinski definition) is 2. The minimum Gasteiger partial charge on any atom is -0.482 e. The van der Waals surface area contributed by atoms with Gasteiger partial charge in [-0.2, -0.15) is 0 Å². The monoisotopic (exact) mass is 381 g/mol. The van der Waals surface area contributed by atoms with E-state index >= 15 is 0 Å². The summed E-state index contributed by atoms with van der Waals surface area (Å²) >= 11 is 0. The molecule has 146 valence electrons. The van der Waals surface area contributed by atoms with Gasteiger partial charge in [-0.3, -0.25) is 30.1 Å². The molecule has 0 aliphatic carbocycles. The standard InChI is InChI=1S/C21H23N3O4/c1-2-8-16(15-9-4-3-5-10-15)21(27)23-22-19(25)13-24-17-11-6-7-12-18(17)28-14-20(24)26/h3-7,9-12,16H,2,8,13-14H2,1H3,(H,22,25)(H,23,27)/t16-/m0/s1. The second-order valence-electron chi connectivity index (χ2n) is 6.53. The lowest BCUT2D eigenvalue weighted by Crippen LogP contribution is -2.50. The van der Waals surface area contributed by atoms with Gasteiger partial charge in [0, 0.05) is 0 Å². The lowest BCUT2D eigenvalue weighted by Gasteiger charge is -2.28. The van der Waals surface area contributed by atoms with Gasteiger partial charge in [0.25, 0.3) is 11.8 Å². The number of para-hydroxylation sites is 2. The number of rotatable bonds is 6. The first-order valence-electron chi connectivity index (χ1n) is 9.26. The number of carbonyl (C=O) groups is 3. The maximum Gasteiger partial charge on any atom is 0.265 e. The molecule has 0 radical (unpaired) electrons. The van der Waals surface area contributed by atoms with Crippen molar-refractivity contribution >= 4 is 23.4 Å². The molecule has 1 heterocycles. The summed E-state index contributed by atoms with van der Waals surface area (Å²) in [5, 5.41) is 0. The number of hydrazine groups is 1. The van der Waals surface area contributed by atoms with Crippen LogP contribution in [0, 0.1) is 0 Å². The second-order valence-corrected chi connectivity index (χ2v) is 6.53. The van der Waals surface area contributed by atoms with Crippen molar-refractivity contribution < 1.29 is 19.1 Å². The summed E-state index contributed by atoms with van der Waals surface area (Å²) in [6.07, 6.45) is 1.50. The third kappa shape index (κ3) is 4.49. The number of benzene rings is 2. The highest BCUT2D eigenvalue weighted by molar-refractivity contribution is 6.02. The molecule has 3 rings (SSSR count). The number of nitrogens with zero attached hydrogens (tertiary/aromatic N) is 1. The van der Waals surface area contributed by atoms with Gasteiger partial charge in [-0.25, -0.2) is 0 Å². The molecular formula is C21H23N3O4. The Balaban J connectivity index is 1.61. The van der Waals surface area contributed by atoms with Crippen LogP contribution in [-0.2, 0) is 14.4 Å². The van der Waals surface area contributed by atoms with Crippen molar-refractivity contribution in [1.29, 1.82) is 0 Å². The first kappa shape index (κ1) is 19.4. The Kier molecular flexibility index (Phi) is 6.26. The Morgan fingerprint density at radius 2 is 1.79 bits per heavy atom. The van der Waals surface area contributed by atoms with Crippen LogP contribution in [0.25, 0.3) is 0 Å². The molecule has 1 aliphatic rings. The van der Waals surface area contributed by atoms with Crippen LogP contribution in [0.15, 0.2) is 54.6 Å². The number of anilines is 1. The molecule has 28 heavy (non-hydrogen) atoms. The van der Waals surface area contributed by atoms with Crippen molar-refractivity contribution in [3.8, 4) is 5.75 Å². The second kappa shape index (κ2) is 9.03. The molecule has 0 bridgehead atoms. The Morgan fingerprint density at radius 3 is 2.54 bits per heavy atom. The molecule has 7 heteroatoms. The van der Waals surface area contributed by atoms with E-state index in [0.717, 1.165) is 12.0 Å². The summed E-state index contributed by atoms with van der Waals surface area (Å²) in [5.41, 5.74) is 6.34. The Labute approximate surface area is 163 Å². The van der Waals surface area contributed by atoms with Crippen LogP contribution in [0.2, 0.25) is 0 Å². The van der Waals surface area contributed by atoms with E-state index in [1.165, 1.54) is 4.90 Å². The summed E-state index contributed by atoms with van der Waals surface area (Å²) in [6, 6.07) is 16.5. The maximum absolute atomic E-state index is 12.6. The highest BCUT2D eigenvalue weighted by Crippen LogP contribution is 2.31. The number of hydrogen-bond acceptors (Lipinski definition) is 4. The lowest BCUT2D eigenvalue weighted by atomic mass is 9.94. The zero-order valence-corrected chi connectivity index (χ0v) is 15.7. The van der Waals surface area contributed by atoms with Crippen molar-refractivity contribution in [2.45, 2.75) is 25.7 Å². The van der Waals surface area contributed by atoms with E-state index in [4.69, 9.17) is 4.74 Å². The molecule has 1 aliphatic heterocycles. The van der Waals surface area contributed by atoms with Gasteiger partial charge in [-0.05, 0) is 24.1 Å². The number of amides is 3. The fourth-order valence-electron chi connectivity index (χ4n) is 3.15. The van der Waals surface area contributed by atoms with Crippen molar-refractivity contribution in [2.24, 2.45) is 0 Å². The molecule has 0 unspecified atom stereocenters. The smallest absolute Gasteiger partial charge is 0.265 e. The quantitative estimate of drug-likeness (QED) is 0.751. The van der Waals surface area contributed by atoms with Crippen molar-refractivity contribution in [1.82, 2.24) is 10.9 Å². The third-order valence-corrected chi connectivity index (χ3v) is 4.53. The lowest BCUT2D eigenvalue weighted by molar-refractivity contribution is -0.130. The van der Waals surface area contributed by atoms with Gasteiger partial charge >= 0.3 is 0 Å². The molecule has 0 saturated carbocycles. The highest BCUT2D eigenvalue weighted by atomic mass is 16.5. The molecule has 0 aromatic heterocycles. The first-order chi connectivity index (χ1) is 13.6. The van der Waals surface area contributed by atoms with Gasteiger partial charge in [0.1, 0.15) is 12.3 Å². The average molecular weight is 381 g/mol. The third-order valence-electron chi connectivity index (χ3n) is 4.53. The predicted octanol–water partition coefficient (Wildman–Crippen LogP) is 2.14. The number of carbonyl (C=O) groups excluding carboxylic acids is 3. The molecule has 2 aromatic carbocycles. The van der Waals surface area contributed by atoms with E-state index in [0.29, 0.717) is 17.9 Å². The molecule has 0 fully saturated rings. The van der Waals surface area contributed by atoms with Crippen LogP contribution in [0.5, 0.6) is 5.75 Å². The van der Waals surface area contributed by atoms with E-state index in [-0.39, 0.29) is 30.9 Å². The molecule has 3 amide bonds. The summed E-state index contributed by atoms with van der Waals surface area (Å²) in [4.78, 5) is 38.4. The molecular weight excluding hydrogens is 358 g/mol. The Hall–Kier alpha value is -3.35. The zero-order chi connectivity index (χ0) is 19.9. The van der Waals surface area contributed by atoms with Gasteiger partial charge in [0.05, 0.1) is 11.6 Å². The number of ether oxygens (including phenoxy) is 1. The van der Waals surface area contributed by atoms with Crippen LogP contribution in [-0.4, -0.2) is 30.9 Å². The van der Waals surface area contributed by atoms with E-state index in [9.17, 15) is 14.4 Å². The maximum atomic E-state index is 12.6. The molecule has 7 nitrogen and oxygen atoms in total. The van der Waals surface area contributed by atoms with Crippen LogP contribution in [0.4, 0.5) is 5.69 Å². The molecule has 0 saturated heterocycles. The normalized spacial score (nSPS) is 13.9. The number of fused-ring (bicyclic) bond motifs is 1. The Morgan fingerprint density at radius 1 is 1.07 bits per heavy atom. The summed E-state index contributed by atoms with van der Waals surface area (Å²) in [5.74, 6) is -0.881. The van der Waals surface area contributed by atoms with E-state index < -0.39 is 5.91 Å². The zero-order valence-electron chi connectivity index (χ0n) is 15.7. The first-order valence-corrected chi connectivity index (χ1v) is 9.26. The summed E-state index contributed by atoms with van der Waals surface area (Å²) in [6.45, 7) is 1.68. The molecule has 1 atom stereocenters. The van der Waals surface area contributed by atoms with Crippen molar-refractivity contribution in [3.05, 3.63) is 60.2 Å². The van der Waals surface area contributed by atoms with Gasteiger partial charge < -0.3 is 4.74 Å². The van der Waals surface area contributed by atoms with Crippen LogP contribution in [0.3, 0.4) is 0 Å². The molecule has 2 aromatic rings. The van der Waals surface area contributed by atoms with Crippen molar-refractivity contribution in [2.75, 3.05) is 18.1 Å². The van der Waals surface area contributed by atoms with Crippen LogP contribution in [0.1, 0.15) is 31.2 Å². The Bertz CT molecular complexity index is 854. The number of nitrogens with one attached hydrogen (secondary N) is 2. The van der Waals surface area contributed by atoms with E-state index in [1.54, 1.807) is 24.3 Å². The SMILES string of the molecule is CCC[C@H](C(=O)NNC(=O)CN1C(=O)COc2ccccc21)c1ccccc1. The fourth-order valence-corrected chi connectivity index (χ4v) is 3.15. The summed E-state index contributed by atoms with van der Waals surface area (Å²) in [7, 11) is 0. The topological polar surface area (TPSA) is 87.7 Å². The predicted molar refractivity (Wildman–Crippen MR) is 105 cm³/mol. The van der Waals surface area contributed by atoms with Crippen LogP contribution >= 0.6 is 0 Å². The average Bonchev–Trinajstić information content (AvgIpc) is 2.73. The largest absolute Gasteiger partial charge is 0.482 e. The van der Waals surface area contributed by atoms with Crippen molar-refractivity contribution in [3.63, 3.8) is 0 Å². The fraction of sp³-hybridized carbons (Fsp3) is 0.286. The van der Waals surface area contributed by atoms with Gasteiger partial charge in [0.15, 0.2) is 6.61 Å². The molecule has 0 spiro atoms. The summed E-state index contributed by atoms with van der Waals surface area (Å²) < 4.78 is 5.36. The minimum absolute atomic E-state index is 0.122. The minimum atomic E-state index is -0.485. The van der Waals surface area contributed by atoms with E-state index in [1.807, 2.05) is 37.3 Å². The van der Waals surface area contributed by atoms with Gasteiger partial charge in [-0.1, -0.05) is 55.8 Å².